The highest BCUT2D eigenvalue weighted by atomic mass is 32.2. The highest BCUT2D eigenvalue weighted by molar-refractivity contribution is 7.99. The van der Waals surface area contributed by atoms with Crippen molar-refractivity contribution < 1.29 is 14.3 Å². The van der Waals surface area contributed by atoms with Crippen LogP contribution in [-0.4, -0.2) is 15.8 Å². The van der Waals surface area contributed by atoms with Gasteiger partial charge in [0, 0.05) is 21.4 Å². The van der Waals surface area contributed by atoms with E-state index in [0.29, 0.717) is 11.3 Å². The van der Waals surface area contributed by atoms with Crippen molar-refractivity contribution in [3.8, 4) is 0 Å². The number of carbonyl (C=O) groups is 1. The Morgan fingerprint density at radius 2 is 2.00 bits per heavy atom. The molecule has 2 aromatic rings. The van der Waals surface area contributed by atoms with Crippen LogP contribution < -0.4 is 0 Å². The molecule has 0 amide bonds. The molecule has 0 spiro atoms. The minimum Gasteiger partial charge on any atom is -0.475 e. The number of furan rings is 1. The Hall–Kier alpha value is -1.42. The van der Waals surface area contributed by atoms with Crippen LogP contribution in [0.4, 0.5) is 0 Å². The van der Waals surface area contributed by atoms with E-state index in [1.54, 1.807) is 17.8 Å². The molecule has 0 fully saturated rings. The number of thioether (sulfide) groups is 1. The molecule has 0 aliphatic rings. The van der Waals surface area contributed by atoms with E-state index in [-0.39, 0.29) is 10.5 Å². The van der Waals surface area contributed by atoms with Crippen molar-refractivity contribution in [3.05, 3.63) is 35.6 Å². The molecule has 4 heteroatoms. The summed E-state index contributed by atoms with van der Waals surface area (Å²) < 4.78 is 5.50. The first kappa shape index (κ1) is 13.0. The smallest absolute Gasteiger partial charge is 0.372 e. The summed E-state index contributed by atoms with van der Waals surface area (Å²) in [5, 5.41) is 10.1. The van der Waals surface area contributed by atoms with Gasteiger partial charge in [-0.3, -0.25) is 0 Å². The third kappa shape index (κ3) is 2.70. The van der Waals surface area contributed by atoms with Gasteiger partial charge in [-0.2, -0.15) is 11.8 Å². The lowest BCUT2D eigenvalue weighted by Crippen LogP contribution is -2.08. The standard InChI is InChI=1S/C14H16O3S/c1-14(2,3)18-8-10-9-6-4-5-7-11(9)17-12(10)13(15)16/h4-7H,8H2,1-3H3,(H,15,16). The van der Waals surface area contributed by atoms with Crippen LogP contribution in [0.5, 0.6) is 0 Å². The number of aromatic carboxylic acids is 1. The molecule has 0 atom stereocenters. The normalized spacial score (nSPS) is 11.9. The van der Waals surface area contributed by atoms with Crippen molar-refractivity contribution >= 4 is 28.7 Å². The van der Waals surface area contributed by atoms with Crippen LogP contribution in [-0.2, 0) is 5.75 Å². The van der Waals surface area contributed by atoms with Crippen LogP contribution >= 0.6 is 11.8 Å². The maximum atomic E-state index is 11.2. The molecule has 1 aromatic heterocycles. The lowest BCUT2D eigenvalue weighted by atomic mass is 10.1. The largest absolute Gasteiger partial charge is 0.475 e. The number of fused-ring (bicyclic) bond motifs is 1. The lowest BCUT2D eigenvalue weighted by molar-refractivity contribution is 0.0664. The van der Waals surface area contributed by atoms with Gasteiger partial charge in [0.15, 0.2) is 0 Å². The molecule has 0 radical (unpaired) electrons. The average Bonchev–Trinajstić information content (AvgIpc) is 2.64. The number of rotatable bonds is 3. The van der Waals surface area contributed by atoms with Gasteiger partial charge in [-0.25, -0.2) is 4.79 Å². The van der Waals surface area contributed by atoms with Crippen LogP contribution in [0, 0.1) is 0 Å². The Bertz CT molecular complexity index is 578. The van der Waals surface area contributed by atoms with Gasteiger partial charge in [-0.15, -0.1) is 0 Å². The third-order valence-corrected chi connectivity index (χ3v) is 3.84. The second-order valence-corrected chi connectivity index (χ2v) is 6.91. The topological polar surface area (TPSA) is 50.4 Å². The molecule has 0 aliphatic carbocycles. The Morgan fingerprint density at radius 3 is 2.61 bits per heavy atom. The molecule has 1 N–H and O–H groups in total. The fourth-order valence-electron chi connectivity index (χ4n) is 1.70. The summed E-state index contributed by atoms with van der Waals surface area (Å²) in [6.07, 6.45) is 0. The predicted octanol–water partition coefficient (Wildman–Crippen LogP) is 4.16. The summed E-state index contributed by atoms with van der Waals surface area (Å²) in [4.78, 5) is 11.2. The summed E-state index contributed by atoms with van der Waals surface area (Å²) in [5.41, 5.74) is 1.41. The Labute approximate surface area is 110 Å². The molecule has 96 valence electrons. The van der Waals surface area contributed by atoms with E-state index >= 15 is 0 Å². The maximum Gasteiger partial charge on any atom is 0.372 e. The van der Waals surface area contributed by atoms with Gasteiger partial charge in [0.2, 0.25) is 5.76 Å². The number of para-hydroxylation sites is 1. The monoisotopic (exact) mass is 264 g/mol. The Morgan fingerprint density at radius 1 is 1.33 bits per heavy atom. The first-order chi connectivity index (χ1) is 8.38. The first-order valence-corrected chi connectivity index (χ1v) is 6.75. The van der Waals surface area contributed by atoms with E-state index in [2.05, 4.69) is 20.8 Å². The number of carboxylic acids is 1. The number of benzene rings is 1. The van der Waals surface area contributed by atoms with Crippen LogP contribution in [0.15, 0.2) is 28.7 Å². The summed E-state index contributed by atoms with van der Waals surface area (Å²) >= 11 is 1.71. The Balaban J connectivity index is 2.45. The van der Waals surface area contributed by atoms with Crippen molar-refractivity contribution in [2.24, 2.45) is 0 Å². The first-order valence-electron chi connectivity index (χ1n) is 5.76. The van der Waals surface area contributed by atoms with Gasteiger partial charge in [-0.1, -0.05) is 39.0 Å². The fraction of sp³-hybridized carbons (Fsp3) is 0.357. The van der Waals surface area contributed by atoms with Gasteiger partial charge in [0.1, 0.15) is 5.58 Å². The molecule has 1 heterocycles. The quantitative estimate of drug-likeness (QED) is 0.904. The molecule has 0 saturated carbocycles. The minimum absolute atomic E-state index is 0.0629. The zero-order chi connectivity index (χ0) is 13.3. The molecular formula is C14H16O3S. The lowest BCUT2D eigenvalue weighted by Gasteiger charge is -2.17. The van der Waals surface area contributed by atoms with Crippen LogP contribution in [0.1, 0.15) is 36.9 Å². The molecule has 0 aliphatic heterocycles. The fourth-order valence-corrected chi connectivity index (χ4v) is 2.57. The predicted molar refractivity (Wildman–Crippen MR) is 74.2 cm³/mol. The van der Waals surface area contributed by atoms with Gasteiger partial charge >= 0.3 is 5.97 Å². The van der Waals surface area contributed by atoms with E-state index < -0.39 is 5.97 Å². The molecule has 0 bridgehead atoms. The van der Waals surface area contributed by atoms with Crippen LogP contribution in [0.25, 0.3) is 11.0 Å². The van der Waals surface area contributed by atoms with Crippen LogP contribution in [0.3, 0.4) is 0 Å². The van der Waals surface area contributed by atoms with Crippen molar-refractivity contribution in [1.82, 2.24) is 0 Å². The second-order valence-electron chi connectivity index (χ2n) is 5.11. The van der Waals surface area contributed by atoms with Crippen molar-refractivity contribution in [1.29, 1.82) is 0 Å². The van der Waals surface area contributed by atoms with Gasteiger partial charge < -0.3 is 9.52 Å². The molecule has 18 heavy (non-hydrogen) atoms. The van der Waals surface area contributed by atoms with Crippen LogP contribution in [0.2, 0.25) is 0 Å². The van der Waals surface area contributed by atoms with E-state index in [1.807, 2.05) is 18.2 Å². The number of carboxylic acid groups (broad SMARTS) is 1. The van der Waals surface area contributed by atoms with E-state index in [1.165, 1.54) is 0 Å². The molecular weight excluding hydrogens is 248 g/mol. The maximum absolute atomic E-state index is 11.2. The van der Waals surface area contributed by atoms with Gasteiger partial charge in [0.25, 0.3) is 0 Å². The molecule has 1 aromatic carbocycles. The van der Waals surface area contributed by atoms with Gasteiger partial charge in [0.05, 0.1) is 0 Å². The number of hydrogen-bond donors (Lipinski definition) is 1. The zero-order valence-electron chi connectivity index (χ0n) is 10.7. The molecule has 2 rings (SSSR count). The van der Waals surface area contributed by atoms with E-state index in [4.69, 9.17) is 4.42 Å². The van der Waals surface area contributed by atoms with E-state index in [0.717, 1.165) is 10.9 Å². The summed E-state index contributed by atoms with van der Waals surface area (Å²) in [7, 11) is 0. The summed E-state index contributed by atoms with van der Waals surface area (Å²) in [6.45, 7) is 6.33. The van der Waals surface area contributed by atoms with Gasteiger partial charge in [-0.05, 0) is 6.07 Å². The highest BCUT2D eigenvalue weighted by Gasteiger charge is 2.21. The average molecular weight is 264 g/mol. The minimum atomic E-state index is -1.00. The van der Waals surface area contributed by atoms with E-state index in [9.17, 15) is 9.90 Å². The third-order valence-electron chi connectivity index (χ3n) is 2.54. The highest BCUT2D eigenvalue weighted by Crippen LogP contribution is 2.33. The van der Waals surface area contributed by atoms with Crippen molar-refractivity contribution in [3.63, 3.8) is 0 Å². The molecule has 0 saturated heterocycles. The Kier molecular flexibility index (Phi) is 3.39. The van der Waals surface area contributed by atoms with Crippen molar-refractivity contribution in [2.75, 3.05) is 0 Å². The second kappa shape index (κ2) is 4.69. The summed E-state index contributed by atoms with van der Waals surface area (Å²) in [6, 6.07) is 7.45. The molecule has 0 unspecified atom stereocenters. The zero-order valence-corrected chi connectivity index (χ0v) is 11.5. The van der Waals surface area contributed by atoms with Crippen molar-refractivity contribution in [2.45, 2.75) is 31.3 Å². The summed E-state index contributed by atoms with van der Waals surface area (Å²) in [5.74, 6) is -0.300. The number of hydrogen-bond acceptors (Lipinski definition) is 3. The molecule has 3 nitrogen and oxygen atoms in total. The SMILES string of the molecule is CC(C)(C)SCc1c(C(=O)O)oc2ccccc12.